The van der Waals surface area contributed by atoms with E-state index in [1.807, 2.05) is 44.2 Å². The average molecular weight is 306 g/mol. The number of ether oxygens (including phenoxy) is 4. The molecule has 0 aromatic heterocycles. The van der Waals surface area contributed by atoms with Crippen LogP contribution in [0.25, 0.3) is 0 Å². The number of fused-ring (bicyclic) bond motifs is 3. The van der Waals surface area contributed by atoms with Crippen molar-refractivity contribution >= 4 is 0 Å². The van der Waals surface area contributed by atoms with Crippen molar-refractivity contribution < 1.29 is 24.1 Å². The molecule has 1 N–H and O–H groups in total. The Morgan fingerprint density at radius 1 is 1.18 bits per heavy atom. The largest absolute Gasteiger partial charge is 0.390 e. The van der Waals surface area contributed by atoms with Crippen molar-refractivity contribution in [2.45, 2.75) is 69.3 Å². The number of rotatable bonds is 3. The Kier molecular flexibility index (Phi) is 3.33. The molecule has 22 heavy (non-hydrogen) atoms. The fourth-order valence-electron chi connectivity index (χ4n) is 3.84. The molecule has 120 valence electrons. The highest BCUT2D eigenvalue weighted by atomic mass is 16.8. The summed E-state index contributed by atoms with van der Waals surface area (Å²) in [6, 6.07) is 10.0. The highest BCUT2D eigenvalue weighted by Crippen LogP contribution is 2.52. The van der Waals surface area contributed by atoms with Crippen LogP contribution < -0.4 is 0 Å². The molecule has 0 bridgehead atoms. The van der Waals surface area contributed by atoms with Gasteiger partial charge in [-0.1, -0.05) is 30.3 Å². The first-order chi connectivity index (χ1) is 10.5. The van der Waals surface area contributed by atoms with Crippen molar-refractivity contribution in [1.82, 2.24) is 0 Å². The van der Waals surface area contributed by atoms with Gasteiger partial charge in [-0.15, -0.1) is 0 Å². The van der Waals surface area contributed by atoms with Crippen LogP contribution in [0.15, 0.2) is 30.3 Å². The predicted molar refractivity (Wildman–Crippen MR) is 77.9 cm³/mol. The zero-order valence-corrected chi connectivity index (χ0v) is 12.9. The van der Waals surface area contributed by atoms with E-state index < -0.39 is 23.8 Å². The van der Waals surface area contributed by atoms with Crippen LogP contribution in [0, 0.1) is 0 Å². The van der Waals surface area contributed by atoms with Gasteiger partial charge in [0.1, 0.15) is 17.8 Å². The highest BCUT2D eigenvalue weighted by molar-refractivity contribution is 5.16. The van der Waals surface area contributed by atoms with E-state index in [2.05, 4.69) is 0 Å². The molecule has 2 aliphatic heterocycles. The quantitative estimate of drug-likeness (QED) is 0.925. The van der Waals surface area contributed by atoms with Crippen LogP contribution in [0.4, 0.5) is 0 Å². The van der Waals surface area contributed by atoms with E-state index in [0.717, 1.165) is 5.56 Å². The van der Waals surface area contributed by atoms with E-state index in [-0.39, 0.29) is 12.2 Å². The van der Waals surface area contributed by atoms with E-state index in [1.54, 1.807) is 0 Å². The van der Waals surface area contributed by atoms with Crippen LogP contribution in [0.2, 0.25) is 0 Å². The maximum Gasteiger partial charge on any atom is 0.190 e. The predicted octanol–water partition coefficient (Wildman–Crippen LogP) is 1.97. The maximum absolute atomic E-state index is 10.2. The lowest BCUT2D eigenvalue weighted by Crippen LogP contribution is -2.49. The molecule has 0 unspecified atom stereocenters. The fourth-order valence-corrected chi connectivity index (χ4v) is 3.84. The molecule has 0 radical (unpaired) electrons. The van der Waals surface area contributed by atoms with Crippen LogP contribution >= 0.6 is 0 Å². The zero-order valence-electron chi connectivity index (χ0n) is 12.9. The topological polar surface area (TPSA) is 57.2 Å². The van der Waals surface area contributed by atoms with Crippen molar-refractivity contribution in [3.63, 3.8) is 0 Å². The Bertz CT molecular complexity index is 545. The molecular weight excluding hydrogens is 284 g/mol. The number of benzene rings is 1. The van der Waals surface area contributed by atoms with E-state index in [1.165, 1.54) is 0 Å². The van der Waals surface area contributed by atoms with E-state index in [0.29, 0.717) is 19.4 Å². The Morgan fingerprint density at radius 2 is 1.95 bits per heavy atom. The van der Waals surface area contributed by atoms with Gasteiger partial charge in [0.25, 0.3) is 0 Å². The van der Waals surface area contributed by atoms with Crippen molar-refractivity contribution in [3.8, 4) is 0 Å². The fraction of sp³-hybridized carbons (Fsp3) is 0.647. The summed E-state index contributed by atoms with van der Waals surface area (Å²) in [4.78, 5) is 0. The first kappa shape index (κ1) is 14.6. The second-order valence-electron chi connectivity index (χ2n) is 6.82. The molecule has 0 amide bonds. The minimum absolute atomic E-state index is 0.298. The zero-order chi connectivity index (χ0) is 15.4. The molecule has 2 saturated heterocycles. The van der Waals surface area contributed by atoms with Gasteiger partial charge < -0.3 is 24.1 Å². The van der Waals surface area contributed by atoms with Crippen LogP contribution in [-0.2, 0) is 25.6 Å². The summed E-state index contributed by atoms with van der Waals surface area (Å²) in [5, 5.41) is 10.2. The standard InChI is InChI=1S/C17H22O5/c1-16(2)21-14-15(22-16)20-13-12(18)8-9-17(13,14)19-10-11-6-4-3-5-7-11/h3-7,12-15,18H,8-10H2,1-2H3/t12-,13-,14+,15-,17-/m1/s1. The van der Waals surface area contributed by atoms with Crippen LogP contribution in [-0.4, -0.2) is 41.1 Å². The molecule has 0 spiro atoms. The van der Waals surface area contributed by atoms with Gasteiger partial charge >= 0.3 is 0 Å². The number of aliphatic hydroxyl groups is 1. The van der Waals surface area contributed by atoms with E-state index in [9.17, 15) is 5.11 Å². The summed E-state index contributed by atoms with van der Waals surface area (Å²) >= 11 is 0. The van der Waals surface area contributed by atoms with Crippen molar-refractivity contribution in [1.29, 1.82) is 0 Å². The number of hydrogen-bond donors (Lipinski definition) is 1. The highest BCUT2D eigenvalue weighted by Gasteiger charge is 2.68. The van der Waals surface area contributed by atoms with E-state index >= 15 is 0 Å². The van der Waals surface area contributed by atoms with Gasteiger partial charge in [0, 0.05) is 0 Å². The van der Waals surface area contributed by atoms with Crippen LogP contribution in [0.1, 0.15) is 32.3 Å². The first-order valence-corrected chi connectivity index (χ1v) is 7.87. The third kappa shape index (κ3) is 2.20. The molecule has 1 aromatic carbocycles. The first-order valence-electron chi connectivity index (χ1n) is 7.87. The molecular formula is C17H22O5. The maximum atomic E-state index is 10.2. The molecule has 1 aliphatic carbocycles. The molecule has 5 atom stereocenters. The molecule has 5 heteroatoms. The Balaban J connectivity index is 1.58. The third-order valence-corrected chi connectivity index (χ3v) is 4.83. The average Bonchev–Trinajstić information content (AvgIpc) is 3.06. The summed E-state index contributed by atoms with van der Waals surface area (Å²) in [6.07, 6.45) is -0.309. The Labute approximate surface area is 130 Å². The SMILES string of the molecule is CC1(C)O[C@H]2O[C@@H]3[C@H](O)CC[C@]3(OCc3ccccc3)[C@H]2O1. The molecule has 1 saturated carbocycles. The summed E-state index contributed by atoms with van der Waals surface area (Å²) in [5.74, 6) is -0.684. The Morgan fingerprint density at radius 3 is 2.73 bits per heavy atom. The van der Waals surface area contributed by atoms with Crippen molar-refractivity contribution in [3.05, 3.63) is 35.9 Å². The van der Waals surface area contributed by atoms with Gasteiger partial charge in [0.05, 0.1) is 12.7 Å². The van der Waals surface area contributed by atoms with Gasteiger partial charge in [0.2, 0.25) is 0 Å². The molecule has 3 aliphatic rings. The summed E-state index contributed by atoms with van der Waals surface area (Å²) in [7, 11) is 0. The third-order valence-electron chi connectivity index (χ3n) is 4.83. The van der Waals surface area contributed by atoms with E-state index in [4.69, 9.17) is 18.9 Å². The lowest BCUT2D eigenvalue weighted by atomic mass is 9.94. The molecule has 3 fully saturated rings. The molecule has 1 aromatic rings. The summed E-state index contributed by atoms with van der Waals surface area (Å²) in [6.45, 7) is 4.22. The van der Waals surface area contributed by atoms with Gasteiger partial charge in [-0.3, -0.25) is 0 Å². The second-order valence-corrected chi connectivity index (χ2v) is 6.82. The Hall–Kier alpha value is -0.980. The molecule has 4 rings (SSSR count). The lowest BCUT2D eigenvalue weighted by Gasteiger charge is -2.34. The summed E-state index contributed by atoms with van der Waals surface area (Å²) < 4.78 is 24.1. The summed E-state index contributed by atoms with van der Waals surface area (Å²) in [5.41, 5.74) is 0.465. The lowest BCUT2D eigenvalue weighted by molar-refractivity contribution is -0.240. The number of hydrogen-bond acceptors (Lipinski definition) is 5. The van der Waals surface area contributed by atoms with Crippen molar-refractivity contribution in [2.24, 2.45) is 0 Å². The smallest absolute Gasteiger partial charge is 0.190 e. The molecule has 2 heterocycles. The minimum atomic E-state index is -0.684. The normalized spacial score (nSPS) is 42.3. The van der Waals surface area contributed by atoms with Crippen LogP contribution in [0.5, 0.6) is 0 Å². The van der Waals surface area contributed by atoms with Crippen LogP contribution in [0.3, 0.4) is 0 Å². The monoisotopic (exact) mass is 306 g/mol. The number of aliphatic hydroxyl groups excluding tert-OH is 1. The van der Waals surface area contributed by atoms with Crippen molar-refractivity contribution in [2.75, 3.05) is 0 Å². The minimum Gasteiger partial charge on any atom is -0.390 e. The molecule has 5 nitrogen and oxygen atoms in total. The second kappa shape index (κ2) is 5.01. The van der Waals surface area contributed by atoms with Gasteiger partial charge in [0.15, 0.2) is 12.1 Å². The van der Waals surface area contributed by atoms with Gasteiger partial charge in [-0.25, -0.2) is 0 Å². The van der Waals surface area contributed by atoms with Gasteiger partial charge in [-0.05, 0) is 32.3 Å². The van der Waals surface area contributed by atoms with Gasteiger partial charge in [-0.2, -0.15) is 0 Å².